The number of Topliss-reactive ketones (excluding diaryl/α,β-unsaturated/α-hetero) is 1. The minimum atomic E-state index is -0.290. The molecule has 1 atom stereocenters. The summed E-state index contributed by atoms with van der Waals surface area (Å²) in [6.07, 6.45) is 0.658. The third kappa shape index (κ3) is 4.34. The molecule has 2 aromatic carbocycles. The lowest BCUT2D eigenvalue weighted by Gasteiger charge is -2.11. The summed E-state index contributed by atoms with van der Waals surface area (Å²) in [6, 6.07) is 14.7. The Bertz CT molecular complexity index is 879. The molecule has 0 saturated heterocycles. The molecule has 1 heterocycles. The van der Waals surface area contributed by atoms with Gasteiger partial charge in [0, 0.05) is 15.6 Å². The highest BCUT2D eigenvalue weighted by molar-refractivity contribution is 9.10. The molecule has 5 nitrogen and oxygen atoms in total. The number of hydrogen-bond acceptors (Lipinski definition) is 6. The maximum Gasteiger partial charge on any atom is 0.277 e. The van der Waals surface area contributed by atoms with Crippen LogP contribution in [0.1, 0.15) is 23.7 Å². The summed E-state index contributed by atoms with van der Waals surface area (Å²) in [5, 5.41) is 8.24. The van der Waals surface area contributed by atoms with Crippen LogP contribution in [0, 0.1) is 0 Å². The second-order valence-electron chi connectivity index (χ2n) is 5.49. The van der Waals surface area contributed by atoms with E-state index in [9.17, 15) is 4.79 Å². The van der Waals surface area contributed by atoms with Crippen LogP contribution in [-0.4, -0.2) is 28.3 Å². The highest BCUT2D eigenvalue weighted by Gasteiger charge is 2.23. The second-order valence-corrected chi connectivity index (χ2v) is 7.56. The summed E-state index contributed by atoms with van der Waals surface area (Å²) in [7, 11) is 1.60. The molecule has 7 heteroatoms. The van der Waals surface area contributed by atoms with Crippen molar-refractivity contribution in [3.63, 3.8) is 0 Å². The van der Waals surface area contributed by atoms with E-state index in [0.717, 1.165) is 15.8 Å². The van der Waals surface area contributed by atoms with Crippen molar-refractivity contribution in [1.29, 1.82) is 0 Å². The van der Waals surface area contributed by atoms with Crippen LogP contribution in [0.3, 0.4) is 0 Å². The fraction of sp³-hybridized carbons (Fsp3) is 0.211. The van der Waals surface area contributed by atoms with E-state index in [4.69, 9.17) is 9.15 Å². The van der Waals surface area contributed by atoms with Crippen LogP contribution < -0.4 is 4.74 Å². The largest absolute Gasteiger partial charge is 0.497 e. The summed E-state index contributed by atoms with van der Waals surface area (Å²) in [5.41, 5.74) is 1.47. The first-order chi connectivity index (χ1) is 12.6. The molecule has 0 aliphatic carbocycles. The van der Waals surface area contributed by atoms with Crippen molar-refractivity contribution in [3.05, 3.63) is 58.6 Å². The van der Waals surface area contributed by atoms with Gasteiger partial charge in [0.15, 0.2) is 5.78 Å². The minimum absolute atomic E-state index is 0.0311. The van der Waals surface area contributed by atoms with E-state index >= 15 is 0 Å². The van der Waals surface area contributed by atoms with Gasteiger partial charge in [0.25, 0.3) is 5.22 Å². The molecular formula is C19H17BrN2O3S. The van der Waals surface area contributed by atoms with E-state index in [1.54, 1.807) is 31.4 Å². The first kappa shape index (κ1) is 18.7. The number of carbonyl (C=O) groups is 1. The van der Waals surface area contributed by atoms with Gasteiger partial charge in [-0.3, -0.25) is 4.79 Å². The van der Waals surface area contributed by atoms with E-state index in [2.05, 4.69) is 26.1 Å². The number of thioether (sulfide) groups is 1. The standard InChI is InChI=1S/C19H17BrN2O3S/c1-3-16(17(23)12-6-10-15(24-2)11-7-12)26-19-22-21-18(25-19)13-4-8-14(20)9-5-13/h4-11,16H,3H2,1-2H3. The Balaban J connectivity index is 1.73. The number of ether oxygens (including phenoxy) is 1. The fourth-order valence-electron chi connectivity index (χ4n) is 2.35. The highest BCUT2D eigenvalue weighted by atomic mass is 79.9. The lowest BCUT2D eigenvalue weighted by Crippen LogP contribution is -2.16. The average Bonchev–Trinajstić information content (AvgIpc) is 3.15. The van der Waals surface area contributed by atoms with Crippen molar-refractivity contribution in [2.24, 2.45) is 0 Å². The predicted octanol–water partition coefficient (Wildman–Crippen LogP) is 5.26. The van der Waals surface area contributed by atoms with Gasteiger partial charge < -0.3 is 9.15 Å². The molecule has 0 spiro atoms. The smallest absolute Gasteiger partial charge is 0.277 e. The van der Waals surface area contributed by atoms with Crippen molar-refractivity contribution in [2.45, 2.75) is 23.8 Å². The number of aromatic nitrogens is 2. The third-order valence-corrected chi connectivity index (χ3v) is 5.51. The Labute approximate surface area is 164 Å². The van der Waals surface area contributed by atoms with Crippen LogP contribution in [0.25, 0.3) is 11.5 Å². The van der Waals surface area contributed by atoms with Crippen LogP contribution >= 0.6 is 27.7 Å². The summed E-state index contributed by atoms with van der Waals surface area (Å²) >= 11 is 4.69. The van der Waals surface area contributed by atoms with Gasteiger partial charge in [0.05, 0.1) is 12.4 Å². The van der Waals surface area contributed by atoms with E-state index in [1.165, 1.54) is 11.8 Å². The number of carbonyl (C=O) groups excluding carboxylic acids is 1. The zero-order valence-electron chi connectivity index (χ0n) is 14.3. The first-order valence-electron chi connectivity index (χ1n) is 8.05. The Morgan fingerprint density at radius 2 is 1.85 bits per heavy atom. The van der Waals surface area contributed by atoms with Gasteiger partial charge in [0.1, 0.15) is 5.75 Å². The van der Waals surface area contributed by atoms with Crippen molar-refractivity contribution in [3.8, 4) is 17.2 Å². The van der Waals surface area contributed by atoms with E-state index < -0.39 is 0 Å². The number of benzene rings is 2. The summed E-state index contributed by atoms with van der Waals surface area (Å²) in [4.78, 5) is 12.7. The van der Waals surface area contributed by atoms with Crippen molar-refractivity contribution in [1.82, 2.24) is 10.2 Å². The average molecular weight is 433 g/mol. The molecular weight excluding hydrogens is 416 g/mol. The van der Waals surface area contributed by atoms with Crippen molar-refractivity contribution < 1.29 is 13.9 Å². The number of nitrogens with zero attached hydrogens (tertiary/aromatic N) is 2. The van der Waals surface area contributed by atoms with E-state index in [-0.39, 0.29) is 11.0 Å². The van der Waals surface area contributed by atoms with Gasteiger partial charge in [-0.15, -0.1) is 10.2 Å². The number of halogens is 1. The van der Waals surface area contributed by atoms with E-state index in [1.807, 2.05) is 31.2 Å². The van der Waals surface area contributed by atoms with Crippen molar-refractivity contribution >= 4 is 33.5 Å². The molecule has 26 heavy (non-hydrogen) atoms. The van der Waals surface area contributed by atoms with Gasteiger partial charge in [-0.2, -0.15) is 0 Å². The number of rotatable bonds is 7. The van der Waals surface area contributed by atoms with Gasteiger partial charge in [-0.05, 0) is 55.0 Å². The van der Waals surface area contributed by atoms with Gasteiger partial charge >= 0.3 is 0 Å². The van der Waals surface area contributed by atoms with E-state index in [0.29, 0.717) is 23.1 Å². The minimum Gasteiger partial charge on any atom is -0.497 e. The summed E-state index contributed by atoms with van der Waals surface area (Å²) in [6.45, 7) is 1.96. The zero-order chi connectivity index (χ0) is 18.5. The van der Waals surface area contributed by atoms with Crippen LogP contribution in [-0.2, 0) is 0 Å². The molecule has 0 radical (unpaired) electrons. The van der Waals surface area contributed by atoms with Gasteiger partial charge in [-0.25, -0.2) is 0 Å². The Morgan fingerprint density at radius 1 is 1.15 bits per heavy atom. The normalized spacial score (nSPS) is 12.0. The fourth-order valence-corrected chi connectivity index (χ4v) is 3.48. The molecule has 3 rings (SSSR count). The SMILES string of the molecule is CCC(Sc1nnc(-c2ccc(Br)cc2)o1)C(=O)c1ccc(OC)cc1. The summed E-state index contributed by atoms with van der Waals surface area (Å²) < 4.78 is 11.8. The van der Waals surface area contributed by atoms with Gasteiger partial charge in [-0.1, -0.05) is 34.6 Å². The van der Waals surface area contributed by atoms with Gasteiger partial charge in [0.2, 0.25) is 5.89 Å². The van der Waals surface area contributed by atoms with Crippen molar-refractivity contribution in [2.75, 3.05) is 7.11 Å². The number of hydrogen-bond donors (Lipinski definition) is 0. The van der Waals surface area contributed by atoms with Crippen LogP contribution in [0.4, 0.5) is 0 Å². The lowest BCUT2D eigenvalue weighted by molar-refractivity contribution is 0.0987. The first-order valence-corrected chi connectivity index (χ1v) is 9.72. The molecule has 134 valence electrons. The molecule has 0 aliphatic rings. The molecule has 3 aromatic rings. The summed E-state index contributed by atoms with van der Waals surface area (Å²) in [5.74, 6) is 1.19. The molecule has 0 N–H and O–H groups in total. The molecule has 1 unspecified atom stereocenters. The quantitative estimate of drug-likeness (QED) is 0.374. The zero-order valence-corrected chi connectivity index (χ0v) is 16.7. The second kappa shape index (κ2) is 8.51. The third-order valence-electron chi connectivity index (χ3n) is 3.78. The molecule has 0 aliphatic heterocycles. The highest BCUT2D eigenvalue weighted by Crippen LogP contribution is 2.30. The monoisotopic (exact) mass is 432 g/mol. The Hall–Kier alpha value is -2.12. The maximum absolute atomic E-state index is 12.7. The Morgan fingerprint density at radius 3 is 2.46 bits per heavy atom. The number of methoxy groups -OCH3 is 1. The molecule has 0 saturated carbocycles. The number of ketones is 1. The molecule has 0 amide bonds. The Kier molecular flexibility index (Phi) is 6.11. The topological polar surface area (TPSA) is 65.2 Å². The maximum atomic E-state index is 12.7. The molecule has 1 aromatic heterocycles. The lowest BCUT2D eigenvalue weighted by atomic mass is 10.1. The molecule has 0 bridgehead atoms. The van der Waals surface area contributed by atoms with Crippen LogP contribution in [0.5, 0.6) is 5.75 Å². The van der Waals surface area contributed by atoms with Crippen LogP contribution in [0.2, 0.25) is 0 Å². The molecule has 0 fully saturated rings. The van der Waals surface area contributed by atoms with Crippen LogP contribution in [0.15, 0.2) is 62.6 Å². The predicted molar refractivity (Wildman–Crippen MR) is 105 cm³/mol.